The summed E-state index contributed by atoms with van der Waals surface area (Å²) < 4.78 is 37.0. The summed E-state index contributed by atoms with van der Waals surface area (Å²) in [5.74, 6) is -1.41. The van der Waals surface area contributed by atoms with E-state index in [0.717, 1.165) is 6.07 Å². The number of hydrogen-bond acceptors (Lipinski definition) is 3. The standard InChI is InChI=1S/C17H17F2NO3/c1-10(11-4-6-15(22-2)13(18)8-11)20-17(21)12-5-7-16(23-3)14(19)9-12/h4-10H,1-3H3,(H,20,21)/t10-/m1/s1. The normalized spacial score (nSPS) is 11.7. The fourth-order valence-corrected chi connectivity index (χ4v) is 2.12. The smallest absolute Gasteiger partial charge is 0.251 e. The van der Waals surface area contributed by atoms with Gasteiger partial charge in [-0.1, -0.05) is 6.07 Å². The third-order valence-electron chi connectivity index (χ3n) is 3.44. The van der Waals surface area contributed by atoms with Gasteiger partial charge in [0, 0.05) is 5.56 Å². The first-order valence-electron chi connectivity index (χ1n) is 6.94. The van der Waals surface area contributed by atoms with E-state index in [0.29, 0.717) is 5.56 Å². The van der Waals surface area contributed by atoms with Crippen LogP contribution in [0.15, 0.2) is 36.4 Å². The van der Waals surface area contributed by atoms with E-state index in [2.05, 4.69) is 5.32 Å². The number of carbonyl (C=O) groups is 1. The molecule has 0 aliphatic carbocycles. The van der Waals surface area contributed by atoms with Crippen molar-refractivity contribution < 1.29 is 23.0 Å². The Morgan fingerprint density at radius 2 is 1.57 bits per heavy atom. The Balaban J connectivity index is 2.13. The Morgan fingerprint density at radius 3 is 2.09 bits per heavy atom. The number of benzene rings is 2. The van der Waals surface area contributed by atoms with Gasteiger partial charge in [0.15, 0.2) is 23.1 Å². The topological polar surface area (TPSA) is 47.6 Å². The summed E-state index contributed by atoms with van der Waals surface area (Å²) in [7, 11) is 2.72. The van der Waals surface area contributed by atoms with Gasteiger partial charge in [-0.15, -0.1) is 0 Å². The maximum atomic E-state index is 13.7. The molecule has 1 N–H and O–H groups in total. The van der Waals surface area contributed by atoms with Crippen molar-refractivity contribution in [1.29, 1.82) is 0 Å². The van der Waals surface area contributed by atoms with E-state index >= 15 is 0 Å². The molecule has 4 nitrogen and oxygen atoms in total. The maximum absolute atomic E-state index is 13.7. The molecule has 0 saturated carbocycles. The van der Waals surface area contributed by atoms with E-state index in [-0.39, 0.29) is 17.1 Å². The van der Waals surface area contributed by atoms with E-state index in [1.54, 1.807) is 13.0 Å². The van der Waals surface area contributed by atoms with Crippen LogP contribution in [0.5, 0.6) is 11.5 Å². The van der Waals surface area contributed by atoms with Crippen LogP contribution in [-0.2, 0) is 0 Å². The highest BCUT2D eigenvalue weighted by atomic mass is 19.1. The highest BCUT2D eigenvalue weighted by molar-refractivity contribution is 5.94. The molecule has 122 valence electrons. The molecule has 0 saturated heterocycles. The van der Waals surface area contributed by atoms with Crippen LogP contribution in [0.3, 0.4) is 0 Å². The van der Waals surface area contributed by atoms with Crippen molar-refractivity contribution in [3.63, 3.8) is 0 Å². The average molecular weight is 321 g/mol. The highest BCUT2D eigenvalue weighted by Crippen LogP contribution is 2.22. The van der Waals surface area contributed by atoms with Gasteiger partial charge >= 0.3 is 0 Å². The molecule has 2 aromatic rings. The van der Waals surface area contributed by atoms with Crippen LogP contribution in [0.4, 0.5) is 8.78 Å². The molecule has 0 unspecified atom stereocenters. The second-order valence-electron chi connectivity index (χ2n) is 4.94. The first kappa shape index (κ1) is 16.7. The zero-order valence-corrected chi connectivity index (χ0v) is 13.0. The molecule has 0 heterocycles. The molecule has 0 aromatic heterocycles. The summed E-state index contributed by atoms with van der Waals surface area (Å²) in [5, 5.41) is 2.69. The molecular formula is C17H17F2NO3. The van der Waals surface area contributed by atoms with Crippen molar-refractivity contribution in [2.24, 2.45) is 0 Å². The molecule has 0 aliphatic heterocycles. The molecule has 0 bridgehead atoms. The van der Waals surface area contributed by atoms with Gasteiger partial charge in [0.25, 0.3) is 5.91 Å². The molecule has 0 spiro atoms. The minimum atomic E-state index is -0.622. The van der Waals surface area contributed by atoms with Crippen LogP contribution < -0.4 is 14.8 Å². The Hall–Kier alpha value is -2.63. The van der Waals surface area contributed by atoms with E-state index in [9.17, 15) is 13.6 Å². The fraction of sp³-hybridized carbons (Fsp3) is 0.235. The van der Waals surface area contributed by atoms with Gasteiger partial charge in [-0.05, 0) is 42.8 Å². The fourth-order valence-electron chi connectivity index (χ4n) is 2.12. The van der Waals surface area contributed by atoms with Crippen molar-refractivity contribution in [3.8, 4) is 11.5 Å². The van der Waals surface area contributed by atoms with Crippen LogP contribution >= 0.6 is 0 Å². The number of amides is 1. The van der Waals surface area contributed by atoms with Crippen LogP contribution in [0.1, 0.15) is 28.9 Å². The second kappa shape index (κ2) is 7.09. The van der Waals surface area contributed by atoms with E-state index in [4.69, 9.17) is 9.47 Å². The van der Waals surface area contributed by atoms with Gasteiger partial charge in [-0.25, -0.2) is 8.78 Å². The number of halogens is 2. The van der Waals surface area contributed by atoms with E-state index < -0.39 is 23.6 Å². The number of nitrogens with one attached hydrogen (secondary N) is 1. The predicted octanol–water partition coefficient (Wildman–Crippen LogP) is 3.47. The Morgan fingerprint density at radius 1 is 1.00 bits per heavy atom. The molecule has 1 atom stereocenters. The summed E-state index contributed by atoms with van der Waals surface area (Å²) >= 11 is 0. The van der Waals surface area contributed by atoms with E-state index in [1.165, 1.54) is 38.5 Å². The lowest BCUT2D eigenvalue weighted by molar-refractivity contribution is 0.0939. The SMILES string of the molecule is COc1ccc(C(=O)N[C@H](C)c2ccc(OC)c(F)c2)cc1F. The third kappa shape index (κ3) is 3.77. The number of rotatable bonds is 5. The van der Waals surface area contributed by atoms with E-state index in [1.807, 2.05) is 0 Å². The summed E-state index contributed by atoms with van der Waals surface area (Å²) in [6.07, 6.45) is 0. The minimum Gasteiger partial charge on any atom is -0.494 e. The number of methoxy groups -OCH3 is 2. The maximum Gasteiger partial charge on any atom is 0.251 e. The van der Waals surface area contributed by atoms with Gasteiger partial charge < -0.3 is 14.8 Å². The quantitative estimate of drug-likeness (QED) is 0.917. The van der Waals surface area contributed by atoms with Gasteiger partial charge in [0.05, 0.1) is 20.3 Å². The minimum absolute atomic E-state index is 0.0619. The number of carbonyl (C=O) groups excluding carboxylic acids is 1. The van der Waals surface area contributed by atoms with Crippen molar-refractivity contribution >= 4 is 5.91 Å². The van der Waals surface area contributed by atoms with Gasteiger partial charge in [0.2, 0.25) is 0 Å². The molecule has 2 rings (SSSR count). The predicted molar refractivity (Wildman–Crippen MR) is 81.8 cm³/mol. The van der Waals surface area contributed by atoms with Crippen molar-refractivity contribution in [3.05, 3.63) is 59.2 Å². The summed E-state index contributed by atoms with van der Waals surface area (Å²) in [6, 6.07) is 7.91. The lowest BCUT2D eigenvalue weighted by Gasteiger charge is -2.15. The lowest BCUT2D eigenvalue weighted by Crippen LogP contribution is -2.26. The Labute approximate surface area is 133 Å². The molecule has 0 radical (unpaired) electrons. The third-order valence-corrected chi connectivity index (χ3v) is 3.44. The number of ether oxygens (including phenoxy) is 2. The van der Waals surface area contributed by atoms with Crippen LogP contribution in [0.25, 0.3) is 0 Å². The molecule has 0 fully saturated rings. The van der Waals surface area contributed by atoms with Crippen molar-refractivity contribution in [2.75, 3.05) is 14.2 Å². The van der Waals surface area contributed by atoms with Gasteiger partial charge in [0.1, 0.15) is 0 Å². The molecule has 0 aliphatic rings. The van der Waals surface area contributed by atoms with Gasteiger partial charge in [-0.2, -0.15) is 0 Å². The number of hydrogen-bond donors (Lipinski definition) is 1. The largest absolute Gasteiger partial charge is 0.494 e. The van der Waals surface area contributed by atoms with Gasteiger partial charge in [-0.3, -0.25) is 4.79 Å². The zero-order chi connectivity index (χ0) is 17.0. The molecule has 6 heteroatoms. The second-order valence-corrected chi connectivity index (χ2v) is 4.94. The van der Waals surface area contributed by atoms with Crippen LogP contribution in [0.2, 0.25) is 0 Å². The molecule has 1 amide bonds. The molecular weight excluding hydrogens is 304 g/mol. The zero-order valence-electron chi connectivity index (χ0n) is 13.0. The lowest BCUT2D eigenvalue weighted by atomic mass is 10.1. The first-order valence-corrected chi connectivity index (χ1v) is 6.94. The summed E-state index contributed by atoms with van der Waals surface area (Å²) in [4.78, 5) is 12.2. The first-order chi connectivity index (χ1) is 11.0. The summed E-state index contributed by atoms with van der Waals surface area (Å²) in [6.45, 7) is 1.71. The molecule has 23 heavy (non-hydrogen) atoms. The Kier molecular flexibility index (Phi) is 5.16. The van der Waals surface area contributed by atoms with Crippen molar-refractivity contribution in [1.82, 2.24) is 5.32 Å². The highest BCUT2D eigenvalue weighted by Gasteiger charge is 2.15. The molecule has 2 aromatic carbocycles. The summed E-state index contributed by atoms with van der Waals surface area (Å²) in [5.41, 5.74) is 0.731. The van der Waals surface area contributed by atoms with Crippen LogP contribution in [-0.4, -0.2) is 20.1 Å². The van der Waals surface area contributed by atoms with Crippen molar-refractivity contribution in [2.45, 2.75) is 13.0 Å². The van der Waals surface area contributed by atoms with Crippen LogP contribution in [0, 0.1) is 11.6 Å². The average Bonchev–Trinajstić information content (AvgIpc) is 2.54. The Bertz CT molecular complexity index is 719. The monoisotopic (exact) mass is 321 g/mol.